The van der Waals surface area contributed by atoms with E-state index >= 15 is 0 Å². The van der Waals surface area contributed by atoms with Gasteiger partial charge in [-0.05, 0) is 60.2 Å². The van der Waals surface area contributed by atoms with E-state index in [4.69, 9.17) is 30.2 Å². The predicted octanol–water partition coefficient (Wildman–Crippen LogP) is 5.39. The van der Waals surface area contributed by atoms with E-state index in [1.165, 1.54) is 7.11 Å². The van der Waals surface area contributed by atoms with E-state index in [1.807, 2.05) is 0 Å². The fourth-order valence-electron chi connectivity index (χ4n) is 3.25. The Balaban J connectivity index is 1.57. The summed E-state index contributed by atoms with van der Waals surface area (Å²) in [6.45, 7) is -0.152. The first-order valence-corrected chi connectivity index (χ1v) is 10.1. The molecule has 4 aromatic rings. The first kappa shape index (κ1) is 21.5. The van der Waals surface area contributed by atoms with Crippen LogP contribution in [0.5, 0.6) is 17.2 Å². The van der Waals surface area contributed by atoms with Gasteiger partial charge in [-0.25, -0.2) is 4.79 Å². The van der Waals surface area contributed by atoms with E-state index in [1.54, 1.807) is 73.8 Å². The van der Waals surface area contributed by atoms with E-state index < -0.39 is 5.63 Å². The minimum atomic E-state index is -0.501. The van der Waals surface area contributed by atoms with Crippen molar-refractivity contribution in [2.45, 2.75) is 0 Å². The van der Waals surface area contributed by atoms with Crippen LogP contribution in [0.1, 0.15) is 10.4 Å². The van der Waals surface area contributed by atoms with Gasteiger partial charge in [-0.3, -0.25) is 4.79 Å². The quantitative estimate of drug-likeness (QED) is 0.277. The summed E-state index contributed by atoms with van der Waals surface area (Å²) in [7, 11) is 3.08. The number of carbonyl (C=O) groups excluding carboxylic acids is 1. The number of methoxy groups -OCH3 is 2. The van der Waals surface area contributed by atoms with E-state index in [2.05, 4.69) is 0 Å². The Morgan fingerprint density at radius 2 is 1.66 bits per heavy atom. The largest absolute Gasteiger partial charge is 0.493 e. The molecular formula is C25H19ClO6. The van der Waals surface area contributed by atoms with Crippen LogP contribution in [0.3, 0.4) is 0 Å². The van der Waals surface area contributed by atoms with Crippen LogP contribution in [0, 0.1) is 0 Å². The topological polar surface area (TPSA) is 75.0 Å². The van der Waals surface area contributed by atoms with E-state index in [0.717, 1.165) is 0 Å². The lowest BCUT2D eigenvalue weighted by atomic mass is 10.1. The number of halogens is 1. The molecule has 0 amide bonds. The Hall–Kier alpha value is -3.77. The van der Waals surface area contributed by atoms with Gasteiger partial charge in [0.25, 0.3) is 0 Å². The molecule has 0 aliphatic heterocycles. The number of ether oxygens (including phenoxy) is 3. The second-order valence-electron chi connectivity index (χ2n) is 6.94. The lowest BCUT2D eigenvalue weighted by molar-refractivity contribution is 0.0921. The third-order valence-corrected chi connectivity index (χ3v) is 5.19. The molecule has 0 N–H and O–H groups in total. The summed E-state index contributed by atoms with van der Waals surface area (Å²) in [6, 6.07) is 18.6. The lowest BCUT2D eigenvalue weighted by Gasteiger charge is -2.10. The number of carbonyl (C=O) groups is 1. The summed E-state index contributed by atoms with van der Waals surface area (Å²) in [5.74, 6) is 1.31. The minimum Gasteiger partial charge on any atom is -0.493 e. The molecule has 0 saturated carbocycles. The first-order valence-electron chi connectivity index (χ1n) is 9.70. The molecule has 0 spiro atoms. The molecule has 1 aromatic heterocycles. The summed E-state index contributed by atoms with van der Waals surface area (Å²) >= 11 is 5.85. The van der Waals surface area contributed by atoms with Crippen molar-refractivity contribution in [1.29, 1.82) is 0 Å². The highest BCUT2D eigenvalue weighted by Gasteiger charge is 2.13. The zero-order valence-electron chi connectivity index (χ0n) is 17.4. The molecule has 1 heterocycles. The van der Waals surface area contributed by atoms with Crippen molar-refractivity contribution in [3.63, 3.8) is 0 Å². The van der Waals surface area contributed by atoms with Crippen LogP contribution < -0.4 is 19.8 Å². The Bertz CT molecular complexity index is 1340. The van der Waals surface area contributed by atoms with Crippen LogP contribution in [0.4, 0.5) is 0 Å². The summed E-state index contributed by atoms with van der Waals surface area (Å²) in [4.78, 5) is 24.9. The minimum absolute atomic E-state index is 0.152. The van der Waals surface area contributed by atoms with Crippen LogP contribution in [0.15, 0.2) is 75.9 Å². The van der Waals surface area contributed by atoms with Gasteiger partial charge >= 0.3 is 5.63 Å². The van der Waals surface area contributed by atoms with Crippen LogP contribution in [-0.4, -0.2) is 26.6 Å². The van der Waals surface area contributed by atoms with E-state index in [-0.39, 0.29) is 12.4 Å². The van der Waals surface area contributed by atoms with Gasteiger partial charge in [0.2, 0.25) is 0 Å². The van der Waals surface area contributed by atoms with Crippen molar-refractivity contribution >= 4 is 28.4 Å². The Morgan fingerprint density at radius 3 is 2.38 bits per heavy atom. The first-order chi connectivity index (χ1) is 15.5. The van der Waals surface area contributed by atoms with Gasteiger partial charge in [-0.15, -0.1) is 0 Å². The highest BCUT2D eigenvalue weighted by Crippen LogP contribution is 2.32. The molecule has 0 bridgehead atoms. The summed E-state index contributed by atoms with van der Waals surface area (Å²) < 4.78 is 21.7. The normalized spacial score (nSPS) is 10.7. The number of benzene rings is 3. The smallest absolute Gasteiger partial charge is 0.344 e. The van der Waals surface area contributed by atoms with Crippen molar-refractivity contribution in [1.82, 2.24) is 0 Å². The highest BCUT2D eigenvalue weighted by molar-refractivity contribution is 6.30. The summed E-state index contributed by atoms with van der Waals surface area (Å²) in [5.41, 5.74) is 1.40. The molecule has 0 unspecified atom stereocenters. The number of fused-ring (bicyclic) bond motifs is 1. The standard InChI is InChI=1S/C25H19ClO6/c1-29-22-10-6-16(12-24(22)30-2)20-11-17-5-9-19(13-23(17)32-25(20)28)31-14-21(27)15-3-7-18(26)8-4-15/h3-13H,14H2,1-2H3. The number of rotatable bonds is 7. The lowest BCUT2D eigenvalue weighted by Crippen LogP contribution is -2.11. The average molecular weight is 451 g/mol. The Morgan fingerprint density at radius 1 is 0.906 bits per heavy atom. The molecule has 0 aliphatic rings. The van der Waals surface area contributed by atoms with Crippen LogP contribution >= 0.6 is 11.6 Å². The van der Waals surface area contributed by atoms with Crippen LogP contribution in [0.2, 0.25) is 5.02 Å². The maximum Gasteiger partial charge on any atom is 0.344 e. The van der Waals surface area contributed by atoms with Gasteiger partial charge in [-0.1, -0.05) is 17.7 Å². The predicted molar refractivity (Wildman–Crippen MR) is 122 cm³/mol. The molecule has 0 aliphatic carbocycles. The summed E-state index contributed by atoms with van der Waals surface area (Å²) in [5, 5.41) is 1.27. The van der Waals surface area contributed by atoms with Crippen molar-refractivity contribution in [3.05, 3.63) is 87.7 Å². The third-order valence-electron chi connectivity index (χ3n) is 4.94. The summed E-state index contributed by atoms with van der Waals surface area (Å²) in [6.07, 6.45) is 0. The van der Waals surface area contributed by atoms with Crippen molar-refractivity contribution in [2.75, 3.05) is 20.8 Å². The second-order valence-corrected chi connectivity index (χ2v) is 7.37. The second kappa shape index (κ2) is 9.16. The van der Waals surface area contributed by atoms with Gasteiger partial charge in [0, 0.05) is 22.0 Å². The molecule has 7 heteroatoms. The fourth-order valence-corrected chi connectivity index (χ4v) is 3.38. The number of ketones is 1. The molecular weight excluding hydrogens is 432 g/mol. The van der Waals surface area contributed by atoms with Crippen molar-refractivity contribution < 1.29 is 23.4 Å². The van der Waals surface area contributed by atoms with Crippen molar-refractivity contribution in [2.24, 2.45) is 0 Å². The van der Waals surface area contributed by atoms with Crippen molar-refractivity contribution in [3.8, 4) is 28.4 Å². The molecule has 0 saturated heterocycles. The molecule has 4 rings (SSSR count). The third kappa shape index (κ3) is 4.45. The zero-order valence-corrected chi connectivity index (χ0v) is 18.1. The van der Waals surface area contributed by atoms with Gasteiger partial charge in [0.1, 0.15) is 11.3 Å². The Labute approximate surface area is 188 Å². The number of hydrogen-bond acceptors (Lipinski definition) is 6. The zero-order chi connectivity index (χ0) is 22.7. The molecule has 0 atom stereocenters. The number of hydrogen-bond donors (Lipinski definition) is 0. The fraction of sp³-hybridized carbons (Fsp3) is 0.120. The highest BCUT2D eigenvalue weighted by atomic mass is 35.5. The molecule has 162 valence electrons. The molecule has 3 aromatic carbocycles. The number of Topliss-reactive ketones (excluding diaryl/α,β-unsaturated/α-hetero) is 1. The molecule has 0 radical (unpaired) electrons. The molecule has 32 heavy (non-hydrogen) atoms. The average Bonchev–Trinajstić information content (AvgIpc) is 2.82. The maximum atomic E-state index is 12.6. The van der Waals surface area contributed by atoms with Gasteiger partial charge < -0.3 is 18.6 Å². The molecule has 0 fully saturated rings. The van der Waals surface area contributed by atoms with E-state index in [9.17, 15) is 9.59 Å². The molecule has 6 nitrogen and oxygen atoms in total. The van der Waals surface area contributed by atoms with E-state index in [0.29, 0.717) is 49.9 Å². The van der Waals surface area contributed by atoms with Gasteiger partial charge in [0.15, 0.2) is 23.9 Å². The van der Waals surface area contributed by atoms with Gasteiger partial charge in [-0.2, -0.15) is 0 Å². The Kier molecular flexibility index (Phi) is 6.14. The van der Waals surface area contributed by atoms with Gasteiger partial charge in [0.05, 0.1) is 19.8 Å². The SMILES string of the molecule is COc1ccc(-c2cc3ccc(OCC(=O)c4ccc(Cl)cc4)cc3oc2=O)cc1OC. The van der Waals surface area contributed by atoms with Crippen LogP contribution in [-0.2, 0) is 0 Å². The maximum absolute atomic E-state index is 12.6. The van der Waals surface area contributed by atoms with Crippen LogP contribution in [0.25, 0.3) is 22.1 Å². The monoisotopic (exact) mass is 450 g/mol.